The molecule has 2 rings (SSSR count). The Morgan fingerprint density at radius 3 is 2.24 bits per heavy atom. The number of nitrogens with zero attached hydrogens (tertiary/aromatic N) is 1. The van der Waals surface area contributed by atoms with Crippen molar-refractivity contribution in [2.75, 3.05) is 13.1 Å². The van der Waals surface area contributed by atoms with Crippen LogP contribution in [0.15, 0.2) is 25.3 Å². The highest BCUT2D eigenvalue weighted by Gasteiger charge is 2.41. The van der Waals surface area contributed by atoms with Gasteiger partial charge < -0.3 is 20.9 Å². The molecule has 1 unspecified atom stereocenters. The van der Waals surface area contributed by atoms with Crippen molar-refractivity contribution in [2.24, 2.45) is 11.3 Å². The van der Waals surface area contributed by atoms with Crippen LogP contribution in [0.3, 0.4) is 0 Å². The van der Waals surface area contributed by atoms with Gasteiger partial charge in [-0.2, -0.15) is 0 Å². The SMILES string of the molecule is C=CCCC(NC(=O)[C@@H]1CCCN1C(=O)[C@@H](NC(=O)CC(C)(C)C)C1CCCCC1)C(=O)C(=O)NCC=C. The molecule has 0 bridgehead atoms. The summed E-state index contributed by atoms with van der Waals surface area (Å²) in [6.45, 7) is 13.7. The van der Waals surface area contributed by atoms with E-state index in [9.17, 15) is 24.0 Å². The number of amides is 4. The highest BCUT2D eigenvalue weighted by molar-refractivity contribution is 6.38. The number of carbonyl (C=O) groups excluding carboxylic acids is 5. The Labute approximate surface area is 227 Å². The van der Waals surface area contributed by atoms with Crippen molar-refractivity contribution in [3.05, 3.63) is 25.3 Å². The molecule has 9 heteroatoms. The van der Waals surface area contributed by atoms with Crippen molar-refractivity contribution in [1.29, 1.82) is 0 Å². The summed E-state index contributed by atoms with van der Waals surface area (Å²) in [6, 6.07) is -2.46. The van der Waals surface area contributed by atoms with Crippen LogP contribution in [0.1, 0.15) is 85.0 Å². The van der Waals surface area contributed by atoms with Crippen molar-refractivity contribution in [3.63, 3.8) is 0 Å². The summed E-state index contributed by atoms with van der Waals surface area (Å²) in [6.07, 6.45) is 9.98. The predicted molar refractivity (Wildman–Crippen MR) is 147 cm³/mol. The summed E-state index contributed by atoms with van der Waals surface area (Å²) in [5.41, 5.74) is -0.217. The first kappa shape index (κ1) is 31.2. The number of carbonyl (C=O) groups is 5. The molecule has 1 saturated heterocycles. The maximum atomic E-state index is 13.9. The molecule has 38 heavy (non-hydrogen) atoms. The number of allylic oxidation sites excluding steroid dienone is 1. The Balaban J connectivity index is 2.19. The van der Waals surface area contributed by atoms with E-state index in [2.05, 4.69) is 29.1 Å². The van der Waals surface area contributed by atoms with Crippen LogP contribution in [0.4, 0.5) is 0 Å². The van der Waals surface area contributed by atoms with Crippen LogP contribution in [-0.4, -0.2) is 65.5 Å². The maximum Gasteiger partial charge on any atom is 0.289 e. The third-order valence-corrected chi connectivity index (χ3v) is 7.16. The topological polar surface area (TPSA) is 125 Å². The number of Topliss-reactive ketones (excluding diaryl/α,β-unsaturated/α-hetero) is 1. The highest BCUT2D eigenvalue weighted by atomic mass is 16.2. The van der Waals surface area contributed by atoms with Crippen molar-refractivity contribution in [2.45, 2.75) is 103 Å². The van der Waals surface area contributed by atoms with Gasteiger partial charge in [0.05, 0.1) is 6.04 Å². The Morgan fingerprint density at radius 2 is 1.63 bits per heavy atom. The van der Waals surface area contributed by atoms with E-state index in [0.29, 0.717) is 32.2 Å². The first-order chi connectivity index (χ1) is 18.0. The fourth-order valence-electron chi connectivity index (χ4n) is 5.27. The summed E-state index contributed by atoms with van der Waals surface area (Å²) in [4.78, 5) is 66.6. The Morgan fingerprint density at radius 1 is 0.947 bits per heavy atom. The smallest absolute Gasteiger partial charge is 0.289 e. The third kappa shape index (κ3) is 9.40. The van der Waals surface area contributed by atoms with Crippen molar-refractivity contribution in [1.82, 2.24) is 20.9 Å². The third-order valence-electron chi connectivity index (χ3n) is 7.16. The second-order valence-corrected chi connectivity index (χ2v) is 11.7. The van der Waals surface area contributed by atoms with E-state index >= 15 is 0 Å². The number of hydrogen-bond acceptors (Lipinski definition) is 5. The van der Waals surface area contributed by atoms with Crippen molar-refractivity contribution in [3.8, 4) is 0 Å². The van der Waals surface area contributed by atoms with Gasteiger partial charge in [-0.05, 0) is 49.9 Å². The largest absolute Gasteiger partial charge is 0.346 e. The first-order valence-electron chi connectivity index (χ1n) is 13.9. The van der Waals surface area contributed by atoms with Crippen molar-refractivity contribution < 1.29 is 24.0 Å². The summed E-state index contributed by atoms with van der Waals surface area (Å²) in [5.74, 6) is -2.38. The average molecular weight is 531 g/mol. The molecule has 1 saturated carbocycles. The second kappa shape index (κ2) is 14.8. The standard InChI is InChI=1S/C29H46N4O5/c1-6-8-15-21(25(35)27(37)30-17-7-2)31-26(36)22-16-12-18-33(22)28(38)24(20-13-10-9-11-14-20)32-23(34)19-29(3,4)5/h6-7,20-22,24H,1-2,8-19H2,3-5H3,(H,30,37)(H,31,36)(H,32,34)/t21?,22-,24-/m0/s1. The molecule has 1 heterocycles. The van der Waals surface area contributed by atoms with E-state index in [0.717, 1.165) is 32.1 Å². The molecule has 0 spiro atoms. The van der Waals surface area contributed by atoms with E-state index < -0.39 is 35.7 Å². The Kier molecular flexibility index (Phi) is 12.2. The van der Waals surface area contributed by atoms with Crippen LogP contribution in [0.2, 0.25) is 0 Å². The summed E-state index contributed by atoms with van der Waals surface area (Å²) >= 11 is 0. The zero-order valence-electron chi connectivity index (χ0n) is 23.4. The molecule has 0 aromatic heterocycles. The lowest BCUT2D eigenvalue weighted by Gasteiger charge is -2.35. The van der Waals surface area contributed by atoms with Crippen LogP contribution < -0.4 is 16.0 Å². The van der Waals surface area contributed by atoms with Crippen LogP contribution in [0, 0.1) is 11.3 Å². The first-order valence-corrected chi connectivity index (χ1v) is 13.9. The minimum absolute atomic E-state index is 0.0277. The molecule has 3 atom stereocenters. The fraction of sp³-hybridized carbons (Fsp3) is 0.690. The molecule has 3 N–H and O–H groups in total. The Hall–Kier alpha value is -2.97. The van der Waals surface area contributed by atoms with E-state index in [4.69, 9.17) is 0 Å². The highest BCUT2D eigenvalue weighted by Crippen LogP contribution is 2.30. The van der Waals surface area contributed by atoms with E-state index in [-0.39, 0.29) is 36.1 Å². The quantitative estimate of drug-likeness (QED) is 0.249. The molecule has 212 valence electrons. The molecule has 9 nitrogen and oxygen atoms in total. The fourth-order valence-corrected chi connectivity index (χ4v) is 5.27. The summed E-state index contributed by atoms with van der Waals surface area (Å²) in [5, 5.41) is 8.19. The van der Waals surface area contributed by atoms with Gasteiger partial charge in [0.1, 0.15) is 12.1 Å². The number of likely N-dealkylation sites (tertiary alicyclic amines) is 1. The van der Waals surface area contributed by atoms with Crippen LogP contribution >= 0.6 is 0 Å². The molecule has 1 aliphatic carbocycles. The number of hydrogen-bond donors (Lipinski definition) is 3. The summed E-state index contributed by atoms with van der Waals surface area (Å²) < 4.78 is 0. The molecule has 2 aliphatic rings. The lowest BCUT2D eigenvalue weighted by molar-refractivity contribution is -0.144. The number of ketones is 1. The molecular weight excluding hydrogens is 484 g/mol. The molecule has 1 aliphatic heterocycles. The van der Waals surface area contributed by atoms with Gasteiger partial charge in [0.2, 0.25) is 23.5 Å². The van der Waals surface area contributed by atoms with Gasteiger partial charge in [0.15, 0.2) is 0 Å². The number of nitrogens with one attached hydrogen (secondary N) is 3. The summed E-state index contributed by atoms with van der Waals surface area (Å²) in [7, 11) is 0. The molecule has 4 amide bonds. The maximum absolute atomic E-state index is 13.9. The van der Waals surface area contributed by atoms with Gasteiger partial charge in [-0.25, -0.2) is 0 Å². The van der Waals surface area contributed by atoms with E-state index in [1.54, 1.807) is 11.0 Å². The zero-order chi connectivity index (χ0) is 28.3. The van der Waals surface area contributed by atoms with Gasteiger partial charge in [0, 0.05) is 19.5 Å². The van der Waals surface area contributed by atoms with Crippen LogP contribution in [-0.2, 0) is 24.0 Å². The van der Waals surface area contributed by atoms with Gasteiger partial charge in [-0.15, -0.1) is 13.2 Å². The number of rotatable bonds is 13. The van der Waals surface area contributed by atoms with Crippen LogP contribution in [0.5, 0.6) is 0 Å². The van der Waals surface area contributed by atoms with Crippen molar-refractivity contribution >= 4 is 29.4 Å². The molecule has 0 aromatic carbocycles. The van der Waals surface area contributed by atoms with E-state index in [1.807, 2.05) is 20.8 Å². The minimum atomic E-state index is -1.02. The molecule has 0 radical (unpaired) electrons. The molecule has 0 aromatic rings. The van der Waals surface area contributed by atoms with Gasteiger partial charge in [-0.1, -0.05) is 52.2 Å². The lowest BCUT2D eigenvalue weighted by atomic mass is 9.82. The molecule has 2 fully saturated rings. The van der Waals surface area contributed by atoms with E-state index in [1.165, 1.54) is 6.08 Å². The zero-order valence-corrected chi connectivity index (χ0v) is 23.4. The van der Waals surface area contributed by atoms with Gasteiger partial charge in [-0.3, -0.25) is 24.0 Å². The minimum Gasteiger partial charge on any atom is -0.346 e. The Bertz CT molecular complexity index is 888. The monoisotopic (exact) mass is 530 g/mol. The molecular formula is C29H46N4O5. The lowest BCUT2D eigenvalue weighted by Crippen LogP contribution is -2.58. The predicted octanol–water partition coefficient (Wildman–Crippen LogP) is 2.80. The second-order valence-electron chi connectivity index (χ2n) is 11.7. The average Bonchev–Trinajstić information content (AvgIpc) is 3.37. The van der Waals surface area contributed by atoms with Gasteiger partial charge in [0.25, 0.3) is 5.91 Å². The van der Waals surface area contributed by atoms with Crippen LogP contribution in [0.25, 0.3) is 0 Å². The van der Waals surface area contributed by atoms with Gasteiger partial charge >= 0.3 is 0 Å². The normalized spacial score (nSPS) is 19.7.